The summed E-state index contributed by atoms with van der Waals surface area (Å²) < 4.78 is 0. The van der Waals surface area contributed by atoms with Crippen LogP contribution in [-0.2, 0) is 0 Å². The molecular weight excluding hydrogens is 320 g/mol. The predicted molar refractivity (Wildman–Crippen MR) is 106 cm³/mol. The highest BCUT2D eigenvalue weighted by molar-refractivity contribution is 5.95. The van der Waals surface area contributed by atoms with Crippen molar-refractivity contribution >= 4 is 11.5 Å². The molecule has 0 aliphatic carbocycles. The van der Waals surface area contributed by atoms with Crippen molar-refractivity contribution in [2.75, 3.05) is 6.54 Å². The van der Waals surface area contributed by atoms with Gasteiger partial charge in [-0.3, -0.25) is 4.79 Å². The molecule has 134 valence electrons. The molecule has 26 heavy (non-hydrogen) atoms. The number of carbonyl (C=O) groups is 1. The van der Waals surface area contributed by atoms with Crippen LogP contribution in [0.25, 0.3) is 5.57 Å². The highest BCUT2D eigenvalue weighted by Gasteiger charge is 2.33. The van der Waals surface area contributed by atoms with Crippen LogP contribution in [0.3, 0.4) is 0 Å². The van der Waals surface area contributed by atoms with Gasteiger partial charge in [0.2, 0.25) is 0 Å². The standard InChI is InChI=1S/C23H26N2O/c1-2-24-23(26)18-10-8-17(9-11-18)22(16-6-4-3-5-7-16)20-14-12-19-13-15-21(20)25-19/h3-11,19,21,25H,2,12-15H2,1H3,(H,24,26). The van der Waals surface area contributed by atoms with E-state index in [4.69, 9.17) is 0 Å². The lowest BCUT2D eigenvalue weighted by molar-refractivity contribution is 0.0956. The first-order valence-corrected chi connectivity index (χ1v) is 9.69. The highest BCUT2D eigenvalue weighted by Crippen LogP contribution is 2.38. The molecule has 2 aliphatic heterocycles. The summed E-state index contributed by atoms with van der Waals surface area (Å²) in [6.07, 6.45) is 4.89. The second-order valence-corrected chi connectivity index (χ2v) is 7.24. The molecule has 2 aromatic rings. The Hall–Kier alpha value is -2.39. The zero-order valence-electron chi connectivity index (χ0n) is 15.3. The van der Waals surface area contributed by atoms with E-state index >= 15 is 0 Å². The van der Waals surface area contributed by atoms with E-state index in [9.17, 15) is 4.79 Å². The van der Waals surface area contributed by atoms with Crippen molar-refractivity contribution in [3.63, 3.8) is 0 Å². The van der Waals surface area contributed by atoms with E-state index in [-0.39, 0.29) is 5.91 Å². The molecule has 2 unspecified atom stereocenters. The molecule has 4 rings (SSSR count). The number of nitrogens with one attached hydrogen (secondary N) is 2. The quantitative estimate of drug-likeness (QED) is 0.873. The Labute approximate surface area is 155 Å². The first-order valence-electron chi connectivity index (χ1n) is 9.69. The minimum absolute atomic E-state index is 0.00840. The van der Waals surface area contributed by atoms with Gasteiger partial charge in [-0.2, -0.15) is 0 Å². The van der Waals surface area contributed by atoms with Gasteiger partial charge < -0.3 is 10.6 Å². The van der Waals surface area contributed by atoms with Crippen LogP contribution in [0.15, 0.2) is 60.2 Å². The number of hydrogen-bond acceptors (Lipinski definition) is 2. The first-order chi connectivity index (χ1) is 12.8. The third kappa shape index (κ3) is 3.32. The molecule has 3 heteroatoms. The molecule has 2 atom stereocenters. The molecule has 2 saturated heterocycles. The van der Waals surface area contributed by atoms with Crippen LogP contribution in [0, 0.1) is 0 Å². The second kappa shape index (κ2) is 7.46. The topological polar surface area (TPSA) is 41.1 Å². The number of fused-ring (bicyclic) bond motifs is 2. The summed E-state index contributed by atoms with van der Waals surface area (Å²) in [5.74, 6) is -0.00840. The van der Waals surface area contributed by atoms with Gasteiger partial charge in [0.05, 0.1) is 0 Å². The van der Waals surface area contributed by atoms with E-state index in [1.54, 1.807) is 0 Å². The van der Waals surface area contributed by atoms with E-state index in [1.165, 1.54) is 41.5 Å². The van der Waals surface area contributed by atoms with Crippen LogP contribution in [0.2, 0.25) is 0 Å². The molecular formula is C23H26N2O. The van der Waals surface area contributed by atoms with Crippen molar-refractivity contribution in [2.24, 2.45) is 0 Å². The lowest BCUT2D eigenvalue weighted by Gasteiger charge is -2.28. The smallest absolute Gasteiger partial charge is 0.251 e. The van der Waals surface area contributed by atoms with Crippen LogP contribution in [0.4, 0.5) is 0 Å². The maximum atomic E-state index is 12.1. The summed E-state index contributed by atoms with van der Waals surface area (Å²) in [6.45, 7) is 2.59. The average Bonchev–Trinajstić information content (AvgIpc) is 3.07. The van der Waals surface area contributed by atoms with E-state index < -0.39 is 0 Å². The van der Waals surface area contributed by atoms with Crippen molar-refractivity contribution in [1.29, 1.82) is 0 Å². The molecule has 0 spiro atoms. The van der Waals surface area contributed by atoms with Gasteiger partial charge in [-0.05, 0) is 67.0 Å². The van der Waals surface area contributed by atoms with Crippen LogP contribution in [-0.4, -0.2) is 24.5 Å². The Morgan fingerprint density at radius 1 is 0.962 bits per heavy atom. The van der Waals surface area contributed by atoms with Gasteiger partial charge in [-0.25, -0.2) is 0 Å². The van der Waals surface area contributed by atoms with Crippen molar-refractivity contribution in [2.45, 2.75) is 44.7 Å². The van der Waals surface area contributed by atoms with Gasteiger partial charge in [0.25, 0.3) is 5.91 Å². The molecule has 0 saturated carbocycles. The average molecular weight is 346 g/mol. The van der Waals surface area contributed by atoms with Crippen LogP contribution in [0.1, 0.15) is 54.1 Å². The van der Waals surface area contributed by atoms with E-state index in [2.05, 4.69) is 53.1 Å². The van der Waals surface area contributed by atoms with E-state index in [1.807, 2.05) is 19.1 Å². The Morgan fingerprint density at radius 3 is 2.38 bits per heavy atom. The van der Waals surface area contributed by atoms with Crippen LogP contribution >= 0.6 is 0 Å². The first kappa shape index (κ1) is 17.0. The maximum absolute atomic E-state index is 12.1. The van der Waals surface area contributed by atoms with Crippen molar-refractivity contribution in [3.8, 4) is 0 Å². The lowest BCUT2D eigenvalue weighted by atomic mass is 9.86. The largest absolute Gasteiger partial charge is 0.352 e. The van der Waals surface area contributed by atoms with Crippen LogP contribution < -0.4 is 10.6 Å². The molecule has 1 amide bonds. The Morgan fingerprint density at radius 2 is 1.65 bits per heavy atom. The zero-order valence-corrected chi connectivity index (χ0v) is 15.3. The molecule has 3 nitrogen and oxygen atoms in total. The fraction of sp³-hybridized carbons (Fsp3) is 0.348. The lowest BCUT2D eigenvalue weighted by Crippen LogP contribution is -2.36. The fourth-order valence-electron chi connectivity index (χ4n) is 4.32. The van der Waals surface area contributed by atoms with Crippen LogP contribution in [0.5, 0.6) is 0 Å². The molecule has 2 N–H and O–H groups in total. The van der Waals surface area contributed by atoms with Gasteiger partial charge in [-0.15, -0.1) is 0 Å². The van der Waals surface area contributed by atoms with Gasteiger partial charge in [0, 0.05) is 24.2 Å². The minimum atomic E-state index is -0.00840. The Kier molecular flexibility index (Phi) is 4.89. The molecule has 2 fully saturated rings. The number of rotatable bonds is 4. The van der Waals surface area contributed by atoms with Gasteiger partial charge in [0.15, 0.2) is 0 Å². The molecule has 2 bridgehead atoms. The molecule has 2 aliphatic rings. The monoisotopic (exact) mass is 346 g/mol. The second-order valence-electron chi connectivity index (χ2n) is 7.24. The fourth-order valence-corrected chi connectivity index (χ4v) is 4.32. The SMILES string of the molecule is CCNC(=O)c1ccc(C(=C2CCC3CCC2N3)c2ccccc2)cc1. The summed E-state index contributed by atoms with van der Waals surface area (Å²) in [5.41, 5.74) is 6.05. The molecule has 2 aromatic carbocycles. The zero-order chi connectivity index (χ0) is 17.9. The molecule has 2 heterocycles. The molecule has 0 radical (unpaired) electrons. The number of benzene rings is 2. The normalized spacial score (nSPS) is 23.6. The highest BCUT2D eigenvalue weighted by atomic mass is 16.1. The summed E-state index contributed by atoms with van der Waals surface area (Å²) >= 11 is 0. The third-order valence-corrected chi connectivity index (χ3v) is 5.58. The van der Waals surface area contributed by atoms with Gasteiger partial charge in [-0.1, -0.05) is 42.5 Å². The summed E-state index contributed by atoms with van der Waals surface area (Å²) in [5, 5.41) is 6.65. The Balaban J connectivity index is 1.76. The Bertz CT molecular complexity index is 808. The minimum Gasteiger partial charge on any atom is -0.352 e. The third-order valence-electron chi connectivity index (χ3n) is 5.58. The summed E-state index contributed by atoms with van der Waals surface area (Å²) in [6, 6.07) is 19.9. The van der Waals surface area contributed by atoms with Gasteiger partial charge in [0.1, 0.15) is 0 Å². The van der Waals surface area contributed by atoms with Gasteiger partial charge >= 0.3 is 0 Å². The number of carbonyl (C=O) groups excluding carboxylic acids is 1. The van der Waals surface area contributed by atoms with E-state index in [0.29, 0.717) is 18.6 Å². The molecule has 0 aromatic heterocycles. The van der Waals surface area contributed by atoms with Crippen molar-refractivity contribution in [3.05, 3.63) is 76.9 Å². The van der Waals surface area contributed by atoms with Crippen molar-refractivity contribution < 1.29 is 4.79 Å². The number of piperidine rings is 1. The maximum Gasteiger partial charge on any atom is 0.251 e. The van der Waals surface area contributed by atoms with E-state index in [0.717, 1.165) is 12.0 Å². The van der Waals surface area contributed by atoms with Crippen molar-refractivity contribution in [1.82, 2.24) is 10.6 Å². The summed E-state index contributed by atoms with van der Waals surface area (Å²) in [7, 11) is 0. The number of hydrogen-bond donors (Lipinski definition) is 2. The number of amides is 1. The summed E-state index contributed by atoms with van der Waals surface area (Å²) in [4.78, 5) is 12.1. The predicted octanol–water partition coefficient (Wildman–Crippen LogP) is 4.15.